The summed E-state index contributed by atoms with van der Waals surface area (Å²) in [4.78, 5) is 30.9. The number of carbonyl (C=O) groups excluding carboxylic acids is 2. The van der Waals surface area contributed by atoms with Crippen LogP contribution in [0.3, 0.4) is 0 Å². The molecule has 0 bridgehead atoms. The number of aryl methyl sites for hydroxylation is 2. The topological polar surface area (TPSA) is 103 Å². The van der Waals surface area contributed by atoms with Crippen LogP contribution in [0.25, 0.3) is 22.3 Å². The van der Waals surface area contributed by atoms with E-state index in [1.807, 2.05) is 51.1 Å². The highest BCUT2D eigenvalue weighted by molar-refractivity contribution is 7.16. The first-order chi connectivity index (χ1) is 14.4. The fraction of sp³-hybridized carbons (Fsp3) is 0.182. The van der Waals surface area contributed by atoms with Gasteiger partial charge in [0.1, 0.15) is 5.00 Å². The second-order valence-corrected chi connectivity index (χ2v) is 8.15. The Kier molecular flexibility index (Phi) is 5.09. The summed E-state index contributed by atoms with van der Waals surface area (Å²) in [7, 11) is 0. The molecule has 0 aliphatic rings. The van der Waals surface area contributed by atoms with E-state index >= 15 is 0 Å². The maximum atomic E-state index is 13.3. The number of nitrogens with two attached hydrogens (primary N) is 1. The molecule has 0 aliphatic carbocycles. The number of rotatable bonds is 5. The Hall–Kier alpha value is -3.52. The molecule has 0 saturated carbocycles. The molecule has 1 aromatic carbocycles. The van der Waals surface area contributed by atoms with Crippen LogP contribution >= 0.6 is 11.3 Å². The minimum absolute atomic E-state index is 0.334. The molecular weight excluding hydrogens is 398 g/mol. The van der Waals surface area contributed by atoms with Gasteiger partial charge in [0, 0.05) is 17.0 Å². The Bertz CT molecular complexity index is 1270. The normalized spacial score (nSPS) is 11.0. The summed E-state index contributed by atoms with van der Waals surface area (Å²) >= 11 is 1.34. The smallest absolute Gasteiger partial charge is 0.257 e. The van der Waals surface area contributed by atoms with Crippen LogP contribution in [-0.2, 0) is 6.54 Å². The third-order valence-corrected chi connectivity index (χ3v) is 6.20. The molecule has 0 aliphatic heterocycles. The van der Waals surface area contributed by atoms with Crippen LogP contribution in [0.1, 0.15) is 38.1 Å². The molecule has 3 N–H and O–H groups in total. The monoisotopic (exact) mass is 419 g/mol. The number of nitrogens with one attached hydrogen (secondary N) is 1. The maximum absolute atomic E-state index is 13.3. The molecule has 2 amide bonds. The Labute approximate surface area is 177 Å². The fourth-order valence-corrected chi connectivity index (χ4v) is 4.47. The number of pyridine rings is 1. The van der Waals surface area contributed by atoms with Gasteiger partial charge in [0.25, 0.3) is 11.8 Å². The van der Waals surface area contributed by atoms with Crippen LogP contribution in [0.4, 0.5) is 5.00 Å². The van der Waals surface area contributed by atoms with Gasteiger partial charge < -0.3 is 11.1 Å². The Morgan fingerprint density at radius 2 is 1.93 bits per heavy atom. The van der Waals surface area contributed by atoms with Crippen molar-refractivity contribution in [3.05, 3.63) is 64.2 Å². The highest BCUT2D eigenvalue weighted by Gasteiger charge is 2.22. The van der Waals surface area contributed by atoms with Crippen LogP contribution in [0.2, 0.25) is 0 Å². The third-order valence-electron chi connectivity index (χ3n) is 5.08. The van der Waals surface area contributed by atoms with Gasteiger partial charge >= 0.3 is 0 Å². The average molecular weight is 420 g/mol. The van der Waals surface area contributed by atoms with Crippen molar-refractivity contribution in [1.82, 2.24) is 14.8 Å². The zero-order chi connectivity index (χ0) is 21.4. The minimum atomic E-state index is -0.559. The molecule has 4 aromatic rings. The first-order valence-corrected chi connectivity index (χ1v) is 10.4. The van der Waals surface area contributed by atoms with E-state index in [0.29, 0.717) is 39.4 Å². The molecule has 0 unspecified atom stereocenters. The Morgan fingerprint density at radius 1 is 1.20 bits per heavy atom. The molecule has 4 rings (SSSR count). The van der Waals surface area contributed by atoms with Crippen LogP contribution in [-0.4, -0.2) is 26.6 Å². The van der Waals surface area contributed by atoms with Crippen molar-refractivity contribution < 1.29 is 9.59 Å². The Balaban J connectivity index is 1.84. The molecule has 7 nitrogen and oxygen atoms in total. The predicted octanol–water partition coefficient (Wildman–Crippen LogP) is 4.15. The van der Waals surface area contributed by atoms with Gasteiger partial charge in [-0.2, -0.15) is 5.10 Å². The lowest BCUT2D eigenvalue weighted by Gasteiger charge is -2.09. The minimum Gasteiger partial charge on any atom is -0.365 e. The molecule has 3 aromatic heterocycles. The first kappa shape index (κ1) is 19.8. The molecular formula is C22H21N5O2S. The molecule has 0 spiro atoms. The SMILES string of the molecule is CCn1ncc2c(C(=O)Nc3sc(C)c(C)c3C(N)=O)cc(-c3ccccc3)nc21. The summed E-state index contributed by atoms with van der Waals surface area (Å²) in [6.45, 7) is 6.32. The molecule has 3 heterocycles. The molecule has 0 radical (unpaired) electrons. The third kappa shape index (κ3) is 3.35. The number of fused-ring (bicyclic) bond motifs is 1. The highest BCUT2D eigenvalue weighted by Crippen LogP contribution is 2.33. The number of hydrogen-bond acceptors (Lipinski definition) is 5. The summed E-state index contributed by atoms with van der Waals surface area (Å²) in [5, 5.41) is 8.35. The number of primary amides is 1. The number of benzene rings is 1. The van der Waals surface area contributed by atoms with Crippen molar-refractivity contribution in [3.8, 4) is 11.3 Å². The lowest BCUT2D eigenvalue weighted by molar-refractivity contribution is 0.100. The fourth-order valence-electron chi connectivity index (χ4n) is 3.41. The van der Waals surface area contributed by atoms with Crippen LogP contribution in [0, 0.1) is 13.8 Å². The molecule has 0 fully saturated rings. The van der Waals surface area contributed by atoms with Crippen LogP contribution in [0.5, 0.6) is 0 Å². The standard InChI is InChI=1S/C22H21N5O2S/c1-4-27-20-16(11-24-27)15(10-17(25-20)14-8-6-5-7-9-14)21(29)26-22-18(19(23)28)12(2)13(3)30-22/h5-11H,4H2,1-3H3,(H2,23,28)(H,26,29). The second-order valence-electron chi connectivity index (χ2n) is 6.92. The zero-order valence-corrected chi connectivity index (χ0v) is 17.7. The van der Waals surface area contributed by atoms with E-state index in [0.717, 1.165) is 16.0 Å². The van der Waals surface area contributed by atoms with E-state index in [-0.39, 0.29) is 5.91 Å². The number of carbonyl (C=O) groups is 2. The van der Waals surface area contributed by atoms with E-state index < -0.39 is 5.91 Å². The van der Waals surface area contributed by atoms with Gasteiger partial charge in [0.15, 0.2) is 5.65 Å². The lowest BCUT2D eigenvalue weighted by atomic mass is 10.1. The van der Waals surface area contributed by atoms with Crippen molar-refractivity contribution >= 4 is 39.2 Å². The van der Waals surface area contributed by atoms with E-state index in [1.165, 1.54) is 11.3 Å². The van der Waals surface area contributed by atoms with Gasteiger partial charge in [-0.1, -0.05) is 30.3 Å². The van der Waals surface area contributed by atoms with E-state index in [2.05, 4.69) is 10.4 Å². The summed E-state index contributed by atoms with van der Waals surface area (Å²) in [5.41, 5.74) is 9.34. The van der Waals surface area contributed by atoms with Gasteiger partial charge in [0.05, 0.1) is 28.4 Å². The van der Waals surface area contributed by atoms with Crippen LogP contribution < -0.4 is 11.1 Å². The summed E-state index contributed by atoms with van der Waals surface area (Å²) in [6.07, 6.45) is 1.65. The van der Waals surface area contributed by atoms with Crippen molar-refractivity contribution in [2.45, 2.75) is 27.3 Å². The van der Waals surface area contributed by atoms with E-state index in [1.54, 1.807) is 16.9 Å². The van der Waals surface area contributed by atoms with Crippen molar-refractivity contribution in [1.29, 1.82) is 0 Å². The summed E-state index contributed by atoms with van der Waals surface area (Å²) < 4.78 is 1.76. The number of thiophene rings is 1. The van der Waals surface area contributed by atoms with Gasteiger partial charge in [0.2, 0.25) is 0 Å². The largest absolute Gasteiger partial charge is 0.365 e. The van der Waals surface area contributed by atoms with Crippen molar-refractivity contribution in [2.24, 2.45) is 5.73 Å². The molecule has 0 saturated heterocycles. The number of aromatic nitrogens is 3. The molecule has 0 atom stereocenters. The van der Waals surface area contributed by atoms with E-state index in [9.17, 15) is 9.59 Å². The second kappa shape index (κ2) is 7.72. The van der Waals surface area contributed by atoms with Crippen LogP contribution in [0.15, 0.2) is 42.6 Å². The van der Waals surface area contributed by atoms with Gasteiger partial charge in [-0.25, -0.2) is 9.67 Å². The first-order valence-electron chi connectivity index (χ1n) is 9.53. The number of hydrogen-bond donors (Lipinski definition) is 2. The van der Waals surface area contributed by atoms with E-state index in [4.69, 9.17) is 10.7 Å². The maximum Gasteiger partial charge on any atom is 0.257 e. The predicted molar refractivity (Wildman–Crippen MR) is 119 cm³/mol. The van der Waals surface area contributed by atoms with Gasteiger partial charge in [-0.3, -0.25) is 9.59 Å². The van der Waals surface area contributed by atoms with Gasteiger partial charge in [-0.15, -0.1) is 11.3 Å². The lowest BCUT2D eigenvalue weighted by Crippen LogP contribution is -2.18. The number of amides is 2. The number of nitrogens with zero attached hydrogens (tertiary/aromatic N) is 3. The molecule has 30 heavy (non-hydrogen) atoms. The molecule has 8 heteroatoms. The van der Waals surface area contributed by atoms with Gasteiger partial charge in [-0.05, 0) is 32.4 Å². The average Bonchev–Trinajstić information content (AvgIpc) is 3.28. The number of anilines is 1. The zero-order valence-electron chi connectivity index (χ0n) is 16.9. The highest BCUT2D eigenvalue weighted by atomic mass is 32.1. The molecule has 152 valence electrons. The quantitative estimate of drug-likeness (QED) is 0.507. The summed E-state index contributed by atoms with van der Waals surface area (Å²) in [6, 6.07) is 11.4. The summed E-state index contributed by atoms with van der Waals surface area (Å²) in [5.74, 6) is -0.894. The van der Waals surface area contributed by atoms with Crippen molar-refractivity contribution in [3.63, 3.8) is 0 Å². The van der Waals surface area contributed by atoms with Crippen molar-refractivity contribution in [2.75, 3.05) is 5.32 Å². The Morgan fingerprint density at radius 3 is 2.60 bits per heavy atom.